The minimum atomic E-state index is -0.103. The van der Waals surface area contributed by atoms with Gasteiger partial charge in [-0.3, -0.25) is 5.43 Å². The molecule has 0 heterocycles. The van der Waals surface area contributed by atoms with Crippen molar-refractivity contribution in [3.8, 4) is 23.0 Å². The second-order valence-electron chi connectivity index (χ2n) is 4.75. The fraction of sp³-hybridized carbons (Fsp3) is 0.125. The average molecular weight is 382 g/mol. The number of hydrogen-bond donors (Lipinski definition) is 4. The van der Waals surface area contributed by atoms with Gasteiger partial charge in [0.25, 0.3) is 0 Å². The molecule has 0 saturated carbocycles. The van der Waals surface area contributed by atoms with E-state index < -0.39 is 0 Å². The SMILES string of the molecule is COc1cc(NC(=S)N/N=C\c2ccc(O)cc2O)c(OC)cc1Cl. The quantitative estimate of drug-likeness (QED) is 0.359. The number of aromatic hydroxyl groups is 2. The molecule has 2 aromatic rings. The van der Waals surface area contributed by atoms with Gasteiger partial charge in [0.15, 0.2) is 5.11 Å². The van der Waals surface area contributed by atoms with E-state index in [0.29, 0.717) is 27.8 Å². The summed E-state index contributed by atoms with van der Waals surface area (Å²) in [6.45, 7) is 0. The summed E-state index contributed by atoms with van der Waals surface area (Å²) < 4.78 is 10.4. The molecule has 0 aliphatic heterocycles. The zero-order chi connectivity index (χ0) is 18.4. The highest BCUT2D eigenvalue weighted by Crippen LogP contribution is 2.35. The number of anilines is 1. The number of rotatable bonds is 5. The monoisotopic (exact) mass is 381 g/mol. The lowest BCUT2D eigenvalue weighted by molar-refractivity contribution is 0.405. The number of halogens is 1. The number of methoxy groups -OCH3 is 2. The van der Waals surface area contributed by atoms with Gasteiger partial charge in [-0.25, -0.2) is 0 Å². The Labute approximate surface area is 154 Å². The first kappa shape index (κ1) is 18.6. The Kier molecular flexibility index (Phi) is 6.26. The van der Waals surface area contributed by atoms with Crippen LogP contribution in [0.15, 0.2) is 35.4 Å². The highest BCUT2D eigenvalue weighted by atomic mass is 35.5. The van der Waals surface area contributed by atoms with E-state index in [4.69, 9.17) is 33.3 Å². The van der Waals surface area contributed by atoms with Gasteiger partial charge in [0, 0.05) is 23.8 Å². The minimum Gasteiger partial charge on any atom is -0.508 e. The van der Waals surface area contributed by atoms with Crippen LogP contribution in [0.25, 0.3) is 0 Å². The minimum absolute atomic E-state index is 0.0384. The van der Waals surface area contributed by atoms with Crippen molar-refractivity contribution in [2.45, 2.75) is 0 Å². The molecule has 132 valence electrons. The van der Waals surface area contributed by atoms with Crippen LogP contribution >= 0.6 is 23.8 Å². The van der Waals surface area contributed by atoms with Crippen LogP contribution in [0, 0.1) is 0 Å². The Morgan fingerprint density at radius 3 is 2.52 bits per heavy atom. The molecule has 25 heavy (non-hydrogen) atoms. The van der Waals surface area contributed by atoms with Crippen molar-refractivity contribution < 1.29 is 19.7 Å². The van der Waals surface area contributed by atoms with Crippen molar-refractivity contribution in [1.29, 1.82) is 0 Å². The van der Waals surface area contributed by atoms with Crippen LogP contribution in [0.1, 0.15) is 5.56 Å². The van der Waals surface area contributed by atoms with Gasteiger partial charge in [-0.1, -0.05) is 11.6 Å². The normalized spacial score (nSPS) is 10.5. The van der Waals surface area contributed by atoms with E-state index in [0.717, 1.165) is 0 Å². The predicted molar refractivity (Wildman–Crippen MR) is 101 cm³/mol. The maximum Gasteiger partial charge on any atom is 0.191 e. The molecule has 0 bridgehead atoms. The van der Waals surface area contributed by atoms with Crippen molar-refractivity contribution in [1.82, 2.24) is 5.43 Å². The van der Waals surface area contributed by atoms with Crippen molar-refractivity contribution in [2.75, 3.05) is 19.5 Å². The maximum atomic E-state index is 9.67. The summed E-state index contributed by atoms with van der Waals surface area (Å²) in [7, 11) is 3.01. The molecule has 0 unspecified atom stereocenters. The lowest BCUT2D eigenvalue weighted by atomic mass is 10.2. The number of thiocarbonyl (C=S) groups is 1. The fourth-order valence-electron chi connectivity index (χ4n) is 1.91. The van der Waals surface area contributed by atoms with Gasteiger partial charge in [-0.05, 0) is 24.4 Å². The summed E-state index contributed by atoms with van der Waals surface area (Å²) >= 11 is 11.2. The third kappa shape index (κ3) is 4.88. The van der Waals surface area contributed by atoms with E-state index in [9.17, 15) is 10.2 Å². The Morgan fingerprint density at radius 1 is 1.16 bits per heavy atom. The lowest BCUT2D eigenvalue weighted by Gasteiger charge is -2.14. The van der Waals surface area contributed by atoms with Gasteiger partial charge in [0.05, 0.1) is 31.1 Å². The number of phenols is 2. The van der Waals surface area contributed by atoms with Gasteiger partial charge in [-0.15, -0.1) is 0 Å². The molecule has 4 N–H and O–H groups in total. The van der Waals surface area contributed by atoms with E-state index >= 15 is 0 Å². The van der Waals surface area contributed by atoms with Crippen molar-refractivity contribution in [3.05, 3.63) is 40.9 Å². The molecule has 2 rings (SSSR count). The Balaban J connectivity index is 2.06. The molecule has 0 aliphatic carbocycles. The molecule has 0 aliphatic rings. The molecule has 0 fully saturated rings. The van der Waals surface area contributed by atoms with E-state index in [1.807, 2.05) is 0 Å². The zero-order valence-electron chi connectivity index (χ0n) is 13.4. The van der Waals surface area contributed by atoms with Gasteiger partial charge < -0.3 is 25.0 Å². The molecule has 0 radical (unpaired) electrons. The number of hydrazone groups is 1. The number of nitrogens with zero attached hydrogens (tertiary/aromatic N) is 1. The van der Waals surface area contributed by atoms with Gasteiger partial charge in [0.1, 0.15) is 23.0 Å². The van der Waals surface area contributed by atoms with Gasteiger partial charge in [-0.2, -0.15) is 5.10 Å². The van der Waals surface area contributed by atoms with Crippen molar-refractivity contribution in [2.24, 2.45) is 5.10 Å². The fourth-order valence-corrected chi connectivity index (χ4v) is 2.30. The van der Waals surface area contributed by atoms with Crippen LogP contribution in [-0.2, 0) is 0 Å². The summed E-state index contributed by atoms with van der Waals surface area (Å²) in [5, 5.41) is 26.4. The lowest BCUT2D eigenvalue weighted by Crippen LogP contribution is -2.24. The second kappa shape index (κ2) is 8.41. The highest BCUT2D eigenvalue weighted by Gasteiger charge is 2.11. The number of benzene rings is 2. The number of hydrogen-bond acceptors (Lipinski definition) is 6. The molecular weight excluding hydrogens is 366 g/mol. The largest absolute Gasteiger partial charge is 0.508 e. The summed E-state index contributed by atoms with van der Waals surface area (Å²) in [5.74, 6) is 0.803. The van der Waals surface area contributed by atoms with Gasteiger partial charge >= 0.3 is 0 Å². The van der Waals surface area contributed by atoms with Crippen LogP contribution in [0.3, 0.4) is 0 Å². The molecule has 0 aromatic heterocycles. The van der Waals surface area contributed by atoms with E-state index in [2.05, 4.69) is 15.8 Å². The molecule has 0 atom stereocenters. The van der Waals surface area contributed by atoms with E-state index in [-0.39, 0.29) is 16.6 Å². The first-order valence-corrected chi connectivity index (χ1v) is 7.76. The highest BCUT2D eigenvalue weighted by molar-refractivity contribution is 7.80. The number of phenolic OH excluding ortho intramolecular Hbond substituents is 2. The molecule has 9 heteroatoms. The summed E-state index contributed by atoms with van der Waals surface area (Å²) in [6.07, 6.45) is 1.36. The van der Waals surface area contributed by atoms with Crippen molar-refractivity contribution >= 4 is 40.8 Å². The smallest absolute Gasteiger partial charge is 0.191 e. The summed E-state index contributed by atoms with van der Waals surface area (Å²) in [5.41, 5.74) is 3.57. The van der Waals surface area contributed by atoms with Crippen LogP contribution in [0.5, 0.6) is 23.0 Å². The van der Waals surface area contributed by atoms with Gasteiger partial charge in [0.2, 0.25) is 0 Å². The van der Waals surface area contributed by atoms with Crippen molar-refractivity contribution in [3.63, 3.8) is 0 Å². The van der Waals surface area contributed by atoms with Crippen LogP contribution in [0.4, 0.5) is 5.69 Å². The van der Waals surface area contributed by atoms with Crippen LogP contribution in [0.2, 0.25) is 5.02 Å². The molecule has 2 aromatic carbocycles. The zero-order valence-corrected chi connectivity index (χ0v) is 15.0. The molecule has 0 saturated heterocycles. The molecular formula is C16H16ClN3O4S. The topological polar surface area (TPSA) is 95.3 Å². The third-order valence-electron chi connectivity index (χ3n) is 3.11. The molecule has 7 nitrogen and oxygen atoms in total. The molecule has 0 amide bonds. The Bertz CT molecular complexity index is 814. The number of ether oxygens (including phenoxy) is 2. The first-order chi connectivity index (χ1) is 11.9. The average Bonchev–Trinajstić information content (AvgIpc) is 2.58. The molecule has 0 spiro atoms. The third-order valence-corrected chi connectivity index (χ3v) is 3.59. The second-order valence-corrected chi connectivity index (χ2v) is 5.57. The first-order valence-electron chi connectivity index (χ1n) is 6.98. The summed E-state index contributed by atoms with van der Waals surface area (Å²) in [4.78, 5) is 0. The standard InChI is InChI=1S/C16H16ClN3O4S/c1-23-14-7-12(15(24-2)6-11(14)17)19-16(25)20-18-8-9-3-4-10(21)5-13(9)22/h3-8,21-22H,1-2H3,(H2,19,20,25)/b18-8-. The Morgan fingerprint density at radius 2 is 1.88 bits per heavy atom. The maximum absolute atomic E-state index is 9.67. The predicted octanol–water partition coefficient (Wildman–Crippen LogP) is 3.09. The van der Waals surface area contributed by atoms with E-state index in [1.54, 1.807) is 12.1 Å². The number of nitrogens with one attached hydrogen (secondary N) is 2. The summed E-state index contributed by atoms with van der Waals surface area (Å²) in [6, 6.07) is 7.40. The Hall–Kier alpha value is -2.71. The van der Waals surface area contributed by atoms with E-state index in [1.165, 1.54) is 38.6 Å². The van der Waals surface area contributed by atoms with Crippen LogP contribution < -0.4 is 20.2 Å². The van der Waals surface area contributed by atoms with Crippen LogP contribution in [-0.4, -0.2) is 35.8 Å².